The molecule has 0 spiro atoms. The second-order valence-corrected chi connectivity index (χ2v) is 7.17. The number of rotatable bonds is 7. The molecule has 1 aliphatic carbocycles. The summed E-state index contributed by atoms with van der Waals surface area (Å²) in [4.78, 5) is 20.1. The first-order chi connectivity index (χ1) is 12.8. The first-order valence-corrected chi connectivity index (χ1v) is 9.46. The van der Waals surface area contributed by atoms with Crippen molar-refractivity contribution >= 4 is 11.8 Å². The summed E-state index contributed by atoms with van der Waals surface area (Å²) >= 11 is 0. The molecule has 3 heterocycles. The van der Waals surface area contributed by atoms with Crippen molar-refractivity contribution in [3.8, 4) is 0 Å². The number of anilines is 2. The second kappa shape index (κ2) is 7.53. The zero-order valence-electron chi connectivity index (χ0n) is 15.3. The molecule has 138 valence electrons. The van der Waals surface area contributed by atoms with Gasteiger partial charge in [0.05, 0.1) is 12.3 Å². The molecule has 26 heavy (non-hydrogen) atoms. The maximum atomic E-state index is 5.65. The van der Waals surface area contributed by atoms with Crippen molar-refractivity contribution in [1.29, 1.82) is 0 Å². The number of aromatic nitrogens is 4. The lowest BCUT2D eigenvalue weighted by atomic mass is 10.1. The monoisotopic (exact) mass is 354 g/mol. The van der Waals surface area contributed by atoms with E-state index < -0.39 is 0 Å². The van der Waals surface area contributed by atoms with Gasteiger partial charge in [0.2, 0.25) is 5.95 Å². The van der Waals surface area contributed by atoms with Crippen LogP contribution < -0.4 is 10.2 Å². The molecule has 7 nitrogen and oxygen atoms in total. The van der Waals surface area contributed by atoms with Crippen molar-refractivity contribution < 1.29 is 4.74 Å². The van der Waals surface area contributed by atoms with Gasteiger partial charge in [-0.2, -0.15) is 0 Å². The van der Waals surface area contributed by atoms with Gasteiger partial charge in [-0.1, -0.05) is 0 Å². The van der Waals surface area contributed by atoms with Crippen LogP contribution in [0.15, 0.2) is 24.8 Å². The van der Waals surface area contributed by atoms with Crippen LogP contribution >= 0.6 is 0 Å². The molecule has 1 saturated carbocycles. The number of hydrogen-bond acceptors (Lipinski definition) is 7. The van der Waals surface area contributed by atoms with Gasteiger partial charge in [0.1, 0.15) is 12.1 Å². The highest BCUT2D eigenvalue weighted by molar-refractivity contribution is 5.48. The third-order valence-corrected chi connectivity index (χ3v) is 5.32. The zero-order valence-corrected chi connectivity index (χ0v) is 15.3. The third kappa shape index (κ3) is 3.77. The van der Waals surface area contributed by atoms with Crippen molar-refractivity contribution in [2.75, 3.05) is 43.1 Å². The summed E-state index contributed by atoms with van der Waals surface area (Å²) in [6.07, 6.45) is 9.50. The fraction of sp³-hybridized carbons (Fsp3) is 0.579. The van der Waals surface area contributed by atoms with Gasteiger partial charge in [-0.25, -0.2) is 19.9 Å². The van der Waals surface area contributed by atoms with Crippen LogP contribution in [0.1, 0.15) is 31.0 Å². The van der Waals surface area contributed by atoms with Gasteiger partial charge in [-0.05, 0) is 32.3 Å². The van der Waals surface area contributed by atoms with Crippen LogP contribution in [0.5, 0.6) is 0 Å². The number of nitrogens with zero attached hydrogens (tertiary/aromatic N) is 5. The summed E-state index contributed by atoms with van der Waals surface area (Å²) in [5.74, 6) is 1.77. The lowest BCUT2D eigenvalue weighted by Crippen LogP contribution is -2.27. The fourth-order valence-corrected chi connectivity index (χ4v) is 3.47. The first kappa shape index (κ1) is 17.1. The molecule has 4 rings (SSSR count). The first-order valence-electron chi connectivity index (χ1n) is 9.46. The SMILES string of the molecule is CCOCC1(CNc2ncnc3c2CCN(c2ncccn2)CC3)CC1. The molecule has 0 amide bonds. The molecule has 1 fully saturated rings. The predicted octanol–water partition coefficient (Wildman–Crippen LogP) is 2.10. The number of ether oxygens (including phenoxy) is 1. The summed E-state index contributed by atoms with van der Waals surface area (Å²) in [7, 11) is 0. The van der Waals surface area contributed by atoms with Crippen molar-refractivity contribution in [2.45, 2.75) is 32.6 Å². The van der Waals surface area contributed by atoms with Crippen LogP contribution in [-0.2, 0) is 17.6 Å². The Morgan fingerprint density at radius 1 is 1.12 bits per heavy atom. The Kier molecular flexibility index (Phi) is 4.97. The largest absolute Gasteiger partial charge is 0.381 e. The Hall–Kier alpha value is -2.28. The fourth-order valence-electron chi connectivity index (χ4n) is 3.47. The van der Waals surface area contributed by atoms with Crippen LogP contribution in [-0.4, -0.2) is 52.8 Å². The van der Waals surface area contributed by atoms with Crippen molar-refractivity contribution in [3.63, 3.8) is 0 Å². The Labute approximate surface area is 154 Å². The third-order valence-electron chi connectivity index (χ3n) is 5.32. The zero-order chi connectivity index (χ0) is 17.8. The molecule has 0 radical (unpaired) electrons. The molecule has 2 aliphatic rings. The number of hydrogen-bond donors (Lipinski definition) is 1. The molecule has 1 N–H and O–H groups in total. The standard InChI is InChI=1S/C19H26N6O/c1-2-26-13-19(6-7-19)12-22-17-15-4-10-25(18-20-8-3-9-21-18)11-5-16(15)23-14-24-17/h3,8-9,14H,2,4-7,10-13H2,1H3,(H,22,23,24). The topological polar surface area (TPSA) is 76.1 Å². The van der Waals surface area contributed by atoms with Crippen LogP contribution in [0.4, 0.5) is 11.8 Å². The molecule has 2 aromatic heterocycles. The van der Waals surface area contributed by atoms with Crippen molar-refractivity contribution in [2.24, 2.45) is 5.41 Å². The lowest BCUT2D eigenvalue weighted by molar-refractivity contribution is 0.105. The minimum absolute atomic E-state index is 0.294. The average molecular weight is 354 g/mol. The van der Waals surface area contributed by atoms with E-state index in [-0.39, 0.29) is 0 Å². The van der Waals surface area contributed by atoms with E-state index in [0.29, 0.717) is 5.41 Å². The molecule has 0 bridgehead atoms. The second-order valence-electron chi connectivity index (χ2n) is 7.17. The Morgan fingerprint density at radius 2 is 1.92 bits per heavy atom. The molecule has 0 unspecified atom stereocenters. The van der Waals surface area contributed by atoms with Gasteiger partial charge in [0.25, 0.3) is 0 Å². The molecule has 0 saturated heterocycles. The molecular weight excluding hydrogens is 328 g/mol. The van der Waals surface area contributed by atoms with Gasteiger partial charge >= 0.3 is 0 Å². The maximum absolute atomic E-state index is 5.65. The molecule has 0 atom stereocenters. The summed E-state index contributed by atoms with van der Waals surface area (Å²) in [5, 5.41) is 3.59. The number of fused-ring (bicyclic) bond motifs is 1. The highest BCUT2D eigenvalue weighted by atomic mass is 16.5. The highest BCUT2D eigenvalue weighted by Gasteiger charge is 2.42. The van der Waals surface area contributed by atoms with Gasteiger partial charge in [-0.3, -0.25) is 0 Å². The van der Waals surface area contributed by atoms with E-state index >= 15 is 0 Å². The minimum atomic E-state index is 0.294. The van der Waals surface area contributed by atoms with Crippen molar-refractivity contribution in [1.82, 2.24) is 19.9 Å². The van der Waals surface area contributed by atoms with Crippen LogP contribution in [0.2, 0.25) is 0 Å². The summed E-state index contributed by atoms with van der Waals surface area (Å²) in [5.41, 5.74) is 2.66. The molecular formula is C19H26N6O. The van der Waals surface area contributed by atoms with Gasteiger partial charge in [0, 0.05) is 56.0 Å². The Morgan fingerprint density at radius 3 is 2.69 bits per heavy atom. The summed E-state index contributed by atoms with van der Waals surface area (Å²) < 4.78 is 5.65. The van der Waals surface area contributed by atoms with E-state index in [2.05, 4.69) is 37.1 Å². The quantitative estimate of drug-likeness (QED) is 0.816. The van der Waals surface area contributed by atoms with E-state index in [1.54, 1.807) is 18.7 Å². The van der Waals surface area contributed by atoms with Crippen LogP contribution in [0, 0.1) is 5.41 Å². The van der Waals surface area contributed by atoms with E-state index in [0.717, 1.165) is 63.1 Å². The summed E-state index contributed by atoms with van der Waals surface area (Å²) in [6, 6.07) is 1.85. The van der Waals surface area contributed by atoms with Gasteiger partial charge < -0.3 is 15.0 Å². The van der Waals surface area contributed by atoms with Crippen LogP contribution in [0.25, 0.3) is 0 Å². The molecule has 1 aliphatic heterocycles. The smallest absolute Gasteiger partial charge is 0.225 e. The van der Waals surface area contributed by atoms with E-state index in [4.69, 9.17) is 4.74 Å². The van der Waals surface area contributed by atoms with Gasteiger partial charge in [0.15, 0.2) is 0 Å². The summed E-state index contributed by atoms with van der Waals surface area (Å²) in [6.45, 7) is 6.34. The Bertz CT molecular complexity index is 734. The molecule has 2 aromatic rings. The Balaban J connectivity index is 1.44. The van der Waals surface area contributed by atoms with E-state index in [1.807, 2.05) is 6.07 Å². The minimum Gasteiger partial charge on any atom is -0.381 e. The van der Waals surface area contributed by atoms with Crippen molar-refractivity contribution in [3.05, 3.63) is 36.0 Å². The maximum Gasteiger partial charge on any atom is 0.225 e. The number of nitrogens with one attached hydrogen (secondary N) is 1. The van der Waals surface area contributed by atoms with Crippen LogP contribution in [0.3, 0.4) is 0 Å². The molecule has 0 aromatic carbocycles. The predicted molar refractivity (Wildman–Crippen MR) is 100 cm³/mol. The van der Waals surface area contributed by atoms with E-state index in [1.165, 1.54) is 18.4 Å². The normalized spacial score (nSPS) is 18.1. The average Bonchev–Trinajstić information content (AvgIpc) is 3.49. The lowest BCUT2D eigenvalue weighted by Gasteiger charge is -2.19. The van der Waals surface area contributed by atoms with Gasteiger partial charge in [-0.15, -0.1) is 0 Å². The molecule has 7 heteroatoms. The highest BCUT2D eigenvalue weighted by Crippen LogP contribution is 2.45. The van der Waals surface area contributed by atoms with E-state index in [9.17, 15) is 0 Å².